The molecular weight excluding hydrogens is 259 g/mol. The van der Waals surface area contributed by atoms with E-state index >= 15 is 0 Å². The Bertz CT molecular complexity index is 630. The van der Waals surface area contributed by atoms with Crippen LogP contribution in [0.5, 0.6) is 0 Å². The minimum absolute atomic E-state index is 0.303. The summed E-state index contributed by atoms with van der Waals surface area (Å²) in [5.74, 6) is -0.0934. The zero-order valence-corrected chi connectivity index (χ0v) is 11.3. The van der Waals surface area contributed by atoms with Gasteiger partial charge in [-0.25, -0.2) is 9.82 Å². The highest BCUT2D eigenvalue weighted by Gasteiger charge is 2.11. The average molecular weight is 274 g/mol. The van der Waals surface area contributed by atoms with E-state index in [1.54, 1.807) is 25.1 Å². The molecule has 1 amide bonds. The Morgan fingerprint density at radius 3 is 2.55 bits per heavy atom. The second-order valence-corrected chi connectivity index (χ2v) is 4.25. The van der Waals surface area contributed by atoms with Crippen LogP contribution in [0.25, 0.3) is 0 Å². The van der Waals surface area contributed by atoms with Crippen LogP contribution in [0.4, 0.5) is 4.39 Å². The van der Waals surface area contributed by atoms with E-state index in [1.165, 1.54) is 18.4 Å². The van der Waals surface area contributed by atoms with E-state index in [1.807, 2.05) is 6.92 Å². The lowest BCUT2D eigenvalue weighted by molar-refractivity contribution is 0.0953. The first kappa shape index (κ1) is 14.0. The van der Waals surface area contributed by atoms with Crippen LogP contribution in [0.3, 0.4) is 0 Å². The van der Waals surface area contributed by atoms with Crippen LogP contribution in [-0.4, -0.2) is 11.6 Å². The fourth-order valence-corrected chi connectivity index (χ4v) is 1.79. The molecule has 0 radical (unpaired) electrons. The largest absolute Gasteiger partial charge is 0.469 e. The van der Waals surface area contributed by atoms with Crippen molar-refractivity contribution in [3.63, 3.8) is 0 Å². The molecule has 0 aliphatic rings. The predicted molar refractivity (Wildman–Crippen MR) is 74.1 cm³/mol. The number of nitrogens with one attached hydrogen (secondary N) is 1. The van der Waals surface area contributed by atoms with E-state index in [2.05, 4.69) is 10.5 Å². The van der Waals surface area contributed by atoms with Crippen molar-refractivity contribution >= 4 is 11.6 Å². The number of hydrogen-bond donors (Lipinski definition) is 1. The Morgan fingerprint density at radius 1 is 1.30 bits per heavy atom. The lowest BCUT2D eigenvalue weighted by atomic mass is 10.1. The molecule has 0 aliphatic carbocycles. The maximum atomic E-state index is 12.9. The second-order valence-electron chi connectivity index (χ2n) is 4.25. The van der Waals surface area contributed by atoms with Gasteiger partial charge in [0.05, 0.1) is 17.5 Å². The van der Waals surface area contributed by atoms with Crippen molar-refractivity contribution in [2.45, 2.75) is 20.3 Å². The molecule has 20 heavy (non-hydrogen) atoms. The number of furan rings is 1. The number of carbonyl (C=O) groups is 1. The average Bonchev–Trinajstić information content (AvgIpc) is 2.87. The van der Waals surface area contributed by atoms with Crippen molar-refractivity contribution in [1.29, 1.82) is 0 Å². The lowest BCUT2D eigenvalue weighted by Gasteiger charge is -2.05. The highest BCUT2D eigenvalue weighted by molar-refractivity contribution is 6.02. The molecule has 0 aliphatic heterocycles. The fourth-order valence-electron chi connectivity index (χ4n) is 1.79. The van der Waals surface area contributed by atoms with E-state index in [0.717, 1.165) is 5.56 Å². The van der Waals surface area contributed by atoms with Gasteiger partial charge in [-0.3, -0.25) is 4.79 Å². The van der Waals surface area contributed by atoms with Gasteiger partial charge in [-0.15, -0.1) is 0 Å². The molecule has 0 saturated carbocycles. The van der Waals surface area contributed by atoms with Gasteiger partial charge in [0.15, 0.2) is 0 Å². The minimum Gasteiger partial charge on any atom is -0.469 e. The van der Waals surface area contributed by atoms with Gasteiger partial charge in [0.2, 0.25) is 0 Å². The number of hydrazone groups is 1. The first-order valence-electron chi connectivity index (χ1n) is 6.28. The fraction of sp³-hybridized carbons (Fsp3) is 0.200. The van der Waals surface area contributed by atoms with Crippen LogP contribution in [0.15, 0.2) is 46.1 Å². The second kappa shape index (κ2) is 6.14. The summed E-state index contributed by atoms with van der Waals surface area (Å²) in [6.07, 6.45) is 2.07. The molecule has 4 nitrogen and oxygen atoms in total. The molecule has 1 heterocycles. The van der Waals surface area contributed by atoms with Crippen LogP contribution in [0, 0.1) is 12.7 Å². The Morgan fingerprint density at radius 2 is 2.00 bits per heavy atom. The lowest BCUT2D eigenvalue weighted by Crippen LogP contribution is -2.20. The zero-order valence-electron chi connectivity index (χ0n) is 11.3. The number of benzene rings is 1. The summed E-state index contributed by atoms with van der Waals surface area (Å²) < 4.78 is 17.9. The van der Waals surface area contributed by atoms with Gasteiger partial charge in [0, 0.05) is 0 Å². The van der Waals surface area contributed by atoms with E-state index in [-0.39, 0.29) is 11.7 Å². The molecule has 2 aromatic rings. The van der Waals surface area contributed by atoms with Crippen LogP contribution in [0.1, 0.15) is 35.0 Å². The number of carbonyl (C=O) groups excluding carboxylic acids is 1. The van der Waals surface area contributed by atoms with Gasteiger partial charge in [0.25, 0.3) is 5.91 Å². The Balaban J connectivity index is 2.14. The van der Waals surface area contributed by atoms with Crippen molar-refractivity contribution in [2.24, 2.45) is 5.10 Å². The van der Waals surface area contributed by atoms with Crippen molar-refractivity contribution in [1.82, 2.24) is 5.43 Å². The third kappa shape index (κ3) is 3.12. The molecule has 5 heteroatoms. The number of nitrogens with zero attached hydrogens (tertiary/aromatic N) is 1. The molecule has 1 aromatic heterocycles. The quantitative estimate of drug-likeness (QED) is 0.687. The summed E-state index contributed by atoms with van der Waals surface area (Å²) in [5, 5.41) is 4.09. The first-order chi connectivity index (χ1) is 9.61. The molecular formula is C15H15FN2O2. The molecule has 104 valence electrons. The van der Waals surface area contributed by atoms with Crippen LogP contribution in [-0.2, 0) is 0 Å². The Labute approximate surface area is 116 Å². The molecule has 0 bridgehead atoms. The van der Waals surface area contributed by atoms with Gasteiger partial charge >= 0.3 is 0 Å². The van der Waals surface area contributed by atoms with Crippen LogP contribution >= 0.6 is 0 Å². The smallest absolute Gasteiger partial charge is 0.274 e. The Kier molecular flexibility index (Phi) is 4.30. The summed E-state index contributed by atoms with van der Waals surface area (Å²) >= 11 is 0. The highest BCUT2D eigenvalue weighted by Crippen LogP contribution is 2.09. The Hall–Kier alpha value is -2.43. The summed E-state index contributed by atoms with van der Waals surface area (Å²) in [7, 11) is 0. The summed E-state index contributed by atoms with van der Waals surface area (Å²) in [6, 6.07) is 7.58. The molecule has 0 saturated heterocycles. The van der Waals surface area contributed by atoms with Gasteiger partial charge < -0.3 is 4.42 Å². The van der Waals surface area contributed by atoms with Crippen molar-refractivity contribution in [3.8, 4) is 0 Å². The zero-order chi connectivity index (χ0) is 14.5. The molecule has 0 unspecified atom stereocenters. The number of hydrogen-bond acceptors (Lipinski definition) is 3. The predicted octanol–water partition coefficient (Wildman–Crippen LogP) is 3.27. The van der Waals surface area contributed by atoms with Crippen LogP contribution < -0.4 is 5.43 Å². The summed E-state index contributed by atoms with van der Waals surface area (Å²) in [4.78, 5) is 11.9. The number of amides is 1. The van der Waals surface area contributed by atoms with Gasteiger partial charge in [-0.2, -0.15) is 5.10 Å². The highest BCUT2D eigenvalue weighted by atomic mass is 19.1. The van der Waals surface area contributed by atoms with Crippen molar-refractivity contribution in [3.05, 3.63) is 59.3 Å². The van der Waals surface area contributed by atoms with Gasteiger partial charge in [-0.1, -0.05) is 19.1 Å². The third-order valence-corrected chi connectivity index (χ3v) is 2.91. The molecule has 1 N–H and O–H groups in total. The van der Waals surface area contributed by atoms with Gasteiger partial charge in [0.1, 0.15) is 11.6 Å². The summed E-state index contributed by atoms with van der Waals surface area (Å²) in [6.45, 7) is 3.62. The molecule has 0 atom stereocenters. The van der Waals surface area contributed by atoms with Crippen molar-refractivity contribution in [2.75, 3.05) is 0 Å². The topological polar surface area (TPSA) is 54.6 Å². The SMILES string of the molecule is CC/C(=N\NC(=O)c1ccoc1C)c1ccc(F)cc1. The number of halogens is 1. The minimum atomic E-state index is -0.329. The van der Waals surface area contributed by atoms with Crippen molar-refractivity contribution < 1.29 is 13.6 Å². The van der Waals surface area contributed by atoms with E-state index in [9.17, 15) is 9.18 Å². The van der Waals surface area contributed by atoms with Crippen LogP contribution in [0.2, 0.25) is 0 Å². The maximum Gasteiger partial charge on any atom is 0.274 e. The molecule has 2 rings (SSSR count). The first-order valence-corrected chi connectivity index (χ1v) is 6.28. The number of rotatable bonds is 4. The molecule has 0 fully saturated rings. The monoisotopic (exact) mass is 274 g/mol. The molecule has 1 aromatic carbocycles. The third-order valence-electron chi connectivity index (χ3n) is 2.91. The van der Waals surface area contributed by atoms with E-state index in [0.29, 0.717) is 23.5 Å². The number of aryl methyl sites for hydroxylation is 1. The van der Waals surface area contributed by atoms with E-state index in [4.69, 9.17) is 4.42 Å². The standard InChI is InChI=1S/C15H15FN2O2/c1-3-14(11-4-6-12(16)7-5-11)17-18-15(19)13-8-9-20-10(13)2/h4-9H,3H2,1-2H3,(H,18,19)/b17-14+. The van der Waals surface area contributed by atoms with E-state index < -0.39 is 0 Å². The van der Waals surface area contributed by atoms with Gasteiger partial charge in [-0.05, 0) is 37.1 Å². The molecule has 0 spiro atoms. The summed E-state index contributed by atoms with van der Waals surface area (Å²) in [5.41, 5.74) is 4.39. The normalized spacial score (nSPS) is 11.4. The maximum absolute atomic E-state index is 12.9.